The van der Waals surface area contributed by atoms with Gasteiger partial charge >= 0.3 is 0 Å². The number of amides is 3. The van der Waals surface area contributed by atoms with Crippen molar-refractivity contribution in [3.05, 3.63) is 77.6 Å². The summed E-state index contributed by atoms with van der Waals surface area (Å²) in [5, 5.41) is 5.71. The smallest absolute Gasteiger partial charge is 0.291 e. The van der Waals surface area contributed by atoms with Gasteiger partial charge in [0.15, 0.2) is 11.5 Å². The molecule has 4 rings (SSSR count). The minimum absolute atomic E-state index is 0.0139. The van der Waals surface area contributed by atoms with E-state index in [1.54, 1.807) is 47.4 Å². The first kappa shape index (κ1) is 20.5. The Morgan fingerprint density at radius 2 is 1.77 bits per heavy atom. The van der Waals surface area contributed by atoms with Gasteiger partial charge in [0.1, 0.15) is 0 Å². The maximum Gasteiger partial charge on any atom is 0.291 e. The van der Waals surface area contributed by atoms with E-state index in [2.05, 4.69) is 10.6 Å². The fourth-order valence-corrected chi connectivity index (χ4v) is 3.60. The zero-order valence-corrected chi connectivity index (χ0v) is 17.1. The summed E-state index contributed by atoms with van der Waals surface area (Å²) in [7, 11) is 0. The summed E-state index contributed by atoms with van der Waals surface area (Å²) in [6, 6.07) is 11.8. The summed E-state index contributed by atoms with van der Waals surface area (Å²) in [5.41, 5.74) is 1.80. The van der Waals surface area contributed by atoms with Crippen LogP contribution in [0.25, 0.3) is 0 Å². The third-order valence-corrected chi connectivity index (χ3v) is 5.30. The van der Waals surface area contributed by atoms with E-state index in [1.165, 1.54) is 12.5 Å². The molecule has 2 N–H and O–H groups in total. The predicted octanol–water partition coefficient (Wildman–Crippen LogP) is 3.47. The van der Waals surface area contributed by atoms with Crippen molar-refractivity contribution in [2.45, 2.75) is 25.8 Å². The van der Waals surface area contributed by atoms with Crippen LogP contribution >= 0.6 is 0 Å². The molecule has 0 bridgehead atoms. The molecule has 1 aliphatic heterocycles. The lowest BCUT2D eigenvalue weighted by Crippen LogP contribution is -2.46. The molecule has 1 saturated heterocycles. The largest absolute Gasteiger partial charge is 0.459 e. The van der Waals surface area contributed by atoms with Crippen molar-refractivity contribution in [3.8, 4) is 0 Å². The topological polar surface area (TPSA) is 105 Å². The highest BCUT2D eigenvalue weighted by atomic mass is 16.3. The zero-order valence-electron chi connectivity index (χ0n) is 17.1. The molecule has 3 amide bonds. The van der Waals surface area contributed by atoms with Gasteiger partial charge in [0.2, 0.25) is 0 Å². The summed E-state index contributed by atoms with van der Waals surface area (Å²) >= 11 is 0. The first-order valence-corrected chi connectivity index (χ1v) is 10.1. The van der Waals surface area contributed by atoms with Crippen LogP contribution in [-0.4, -0.2) is 41.8 Å². The van der Waals surface area contributed by atoms with E-state index in [0.29, 0.717) is 42.9 Å². The van der Waals surface area contributed by atoms with Crippen molar-refractivity contribution in [3.63, 3.8) is 0 Å². The number of carbonyl (C=O) groups is 3. The highest BCUT2D eigenvalue weighted by Crippen LogP contribution is 2.18. The van der Waals surface area contributed by atoms with E-state index in [0.717, 1.165) is 5.56 Å². The zero-order chi connectivity index (χ0) is 21.8. The van der Waals surface area contributed by atoms with E-state index < -0.39 is 0 Å². The van der Waals surface area contributed by atoms with Gasteiger partial charge in [-0.3, -0.25) is 14.4 Å². The molecule has 0 saturated carbocycles. The molecule has 3 heterocycles. The number of furan rings is 2. The van der Waals surface area contributed by atoms with Gasteiger partial charge < -0.3 is 24.4 Å². The quantitative estimate of drug-likeness (QED) is 0.656. The van der Waals surface area contributed by atoms with Crippen LogP contribution in [0.15, 0.2) is 63.8 Å². The van der Waals surface area contributed by atoms with Gasteiger partial charge in [-0.25, -0.2) is 0 Å². The number of nitrogens with one attached hydrogen (secondary N) is 2. The lowest BCUT2D eigenvalue weighted by Gasteiger charge is -2.32. The lowest BCUT2D eigenvalue weighted by molar-refractivity contribution is 0.0695. The molecule has 0 aliphatic carbocycles. The minimum Gasteiger partial charge on any atom is -0.459 e. The van der Waals surface area contributed by atoms with E-state index in [9.17, 15) is 14.4 Å². The predicted molar refractivity (Wildman–Crippen MR) is 113 cm³/mol. The Morgan fingerprint density at radius 3 is 2.45 bits per heavy atom. The monoisotopic (exact) mass is 421 g/mol. The average molecular weight is 421 g/mol. The molecule has 1 aromatic carbocycles. The number of rotatable bonds is 5. The Bertz CT molecular complexity index is 1080. The summed E-state index contributed by atoms with van der Waals surface area (Å²) in [4.78, 5) is 39.1. The fraction of sp³-hybridized carbons (Fsp3) is 0.261. The van der Waals surface area contributed by atoms with Gasteiger partial charge in [0.05, 0.1) is 12.5 Å². The second-order valence-corrected chi connectivity index (χ2v) is 7.48. The maximum atomic E-state index is 12.9. The van der Waals surface area contributed by atoms with Gasteiger partial charge in [-0.2, -0.15) is 0 Å². The van der Waals surface area contributed by atoms with Crippen molar-refractivity contribution in [2.24, 2.45) is 0 Å². The van der Waals surface area contributed by atoms with Crippen LogP contribution in [0.1, 0.15) is 49.9 Å². The van der Waals surface area contributed by atoms with Crippen molar-refractivity contribution >= 4 is 23.4 Å². The second-order valence-electron chi connectivity index (χ2n) is 7.48. The summed E-state index contributed by atoms with van der Waals surface area (Å²) in [6.07, 6.45) is 4.24. The number of hydrogen-bond donors (Lipinski definition) is 2. The standard InChI is InChI=1S/C23H23N3O5/c1-15-9-13-31-20(15)22(28)24-17-7-10-26(11-8-17)23(29)16-4-2-5-18(14-16)25-21(27)19-6-3-12-30-19/h2-6,9,12-14,17H,7-8,10-11H2,1H3,(H,24,28)(H,25,27). The van der Waals surface area contributed by atoms with Gasteiger partial charge in [0.25, 0.3) is 17.7 Å². The molecule has 31 heavy (non-hydrogen) atoms. The normalized spacial score (nSPS) is 14.3. The molecular formula is C23H23N3O5. The molecule has 0 spiro atoms. The minimum atomic E-state index is -0.377. The number of benzene rings is 1. The number of hydrogen-bond acceptors (Lipinski definition) is 5. The molecule has 0 atom stereocenters. The van der Waals surface area contributed by atoms with Gasteiger partial charge in [-0.05, 0) is 56.2 Å². The van der Waals surface area contributed by atoms with Crippen LogP contribution in [0, 0.1) is 6.92 Å². The van der Waals surface area contributed by atoms with Crippen molar-refractivity contribution in [1.29, 1.82) is 0 Å². The van der Waals surface area contributed by atoms with Crippen LogP contribution in [0.5, 0.6) is 0 Å². The lowest BCUT2D eigenvalue weighted by atomic mass is 10.0. The molecular weight excluding hydrogens is 398 g/mol. The number of nitrogens with zero attached hydrogens (tertiary/aromatic N) is 1. The van der Waals surface area contributed by atoms with Gasteiger partial charge in [-0.1, -0.05) is 6.07 Å². The van der Waals surface area contributed by atoms with E-state index >= 15 is 0 Å². The maximum absolute atomic E-state index is 12.9. The number of likely N-dealkylation sites (tertiary alicyclic amines) is 1. The molecule has 0 unspecified atom stereocenters. The van der Waals surface area contributed by atoms with E-state index in [-0.39, 0.29) is 29.5 Å². The molecule has 0 radical (unpaired) electrons. The van der Waals surface area contributed by atoms with Crippen LogP contribution < -0.4 is 10.6 Å². The highest BCUT2D eigenvalue weighted by Gasteiger charge is 2.26. The molecule has 1 fully saturated rings. The average Bonchev–Trinajstić information content (AvgIpc) is 3.46. The molecule has 1 aliphatic rings. The Labute approximate surface area is 179 Å². The van der Waals surface area contributed by atoms with E-state index in [4.69, 9.17) is 8.83 Å². The molecule has 3 aromatic rings. The van der Waals surface area contributed by atoms with Crippen molar-refractivity contribution < 1.29 is 23.2 Å². The number of piperidine rings is 1. The summed E-state index contributed by atoms with van der Waals surface area (Å²) < 4.78 is 10.3. The number of aryl methyl sites for hydroxylation is 1. The summed E-state index contributed by atoms with van der Waals surface area (Å²) in [5.74, 6) is -0.191. The molecule has 160 valence electrons. The molecule has 8 nitrogen and oxygen atoms in total. The molecule has 8 heteroatoms. The van der Waals surface area contributed by atoms with Crippen LogP contribution in [-0.2, 0) is 0 Å². The number of anilines is 1. The van der Waals surface area contributed by atoms with Crippen molar-refractivity contribution in [2.75, 3.05) is 18.4 Å². The summed E-state index contributed by atoms with van der Waals surface area (Å²) in [6.45, 7) is 2.89. The van der Waals surface area contributed by atoms with Crippen molar-refractivity contribution in [1.82, 2.24) is 10.2 Å². The Morgan fingerprint density at radius 1 is 0.968 bits per heavy atom. The molecule has 2 aromatic heterocycles. The third-order valence-electron chi connectivity index (χ3n) is 5.30. The van der Waals surface area contributed by atoms with Crippen LogP contribution in [0.4, 0.5) is 5.69 Å². The second kappa shape index (κ2) is 8.91. The fourth-order valence-electron chi connectivity index (χ4n) is 3.60. The Hall–Kier alpha value is -3.81. The van der Waals surface area contributed by atoms with Crippen LogP contribution in [0.2, 0.25) is 0 Å². The first-order chi connectivity index (χ1) is 15.0. The Kier molecular flexibility index (Phi) is 5.88. The highest BCUT2D eigenvalue weighted by molar-refractivity contribution is 6.03. The third kappa shape index (κ3) is 4.69. The first-order valence-electron chi connectivity index (χ1n) is 10.1. The number of carbonyl (C=O) groups excluding carboxylic acids is 3. The van der Waals surface area contributed by atoms with Gasteiger partial charge in [-0.15, -0.1) is 0 Å². The van der Waals surface area contributed by atoms with E-state index in [1.807, 2.05) is 6.92 Å². The van der Waals surface area contributed by atoms with Crippen LogP contribution in [0.3, 0.4) is 0 Å². The Balaban J connectivity index is 1.33. The SMILES string of the molecule is Cc1ccoc1C(=O)NC1CCN(C(=O)c2cccc(NC(=O)c3ccco3)c2)CC1. The van der Waals surface area contributed by atoms with Gasteiger partial charge in [0, 0.05) is 35.9 Å².